The molecule has 100 valence electrons. The Morgan fingerprint density at radius 3 is 2.85 bits per heavy atom. The molecule has 1 amide bonds. The summed E-state index contributed by atoms with van der Waals surface area (Å²) in [7, 11) is 0. The Morgan fingerprint density at radius 2 is 2.05 bits per heavy atom. The fourth-order valence-corrected chi connectivity index (χ4v) is 3.06. The highest BCUT2D eigenvalue weighted by Gasteiger charge is 2.14. The Labute approximate surface area is 125 Å². The molecular formula is C15H11ClN2OS. The molecule has 0 aliphatic rings. The summed E-state index contributed by atoms with van der Waals surface area (Å²) in [6, 6.07) is 12.8. The van der Waals surface area contributed by atoms with Crippen LogP contribution in [0.15, 0.2) is 47.8 Å². The van der Waals surface area contributed by atoms with Gasteiger partial charge in [-0.1, -0.05) is 17.7 Å². The lowest BCUT2D eigenvalue weighted by molar-refractivity contribution is 0.102. The Morgan fingerprint density at radius 1 is 1.20 bits per heavy atom. The Kier molecular flexibility index (Phi) is 3.34. The van der Waals surface area contributed by atoms with Crippen LogP contribution in [-0.2, 0) is 0 Å². The van der Waals surface area contributed by atoms with Crippen molar-refractivity contribution in [3.05, 3.63) is 58.4 Å². The first-order chi connectivity index (χ1) is 9.65. The third kappa shape index (κ3) is 2.35. The van der Waals surface area contributed by atoms with E-state index in [1.165, 1.54) is 4.70 Å². The molecule has 0 bridgehead atoms. The molecule has 1 aromatic heterocycles. The van der Waals surface area contributed by atoms with E-state index in [0.29, 0.717) is 16.3 Å². The van der Waals surface area contributed by atoms with Crippen LogP contribution in [0.2, 0.25) is 5.02 Å². The van der Waals surface area contributed by atoms with Crippen LogP contribution < -0.4 is 11.1 Å². The van der Waals surface area contributed by atoms with E-state index in [4.69, 9.17) is 17.3 Å². The minimum atomic E-state index is -0.303. The molecule has 2 aromatic carbocycles. The van der Waals surface area contributed by atoms with Gasteiger partial charge in [0.05, 0.1) is 10.6 Å². The standard InChI is InChI=1S/C15H11ClN2OS/c16-11-2-1-3-12(17)14(11)15(19)18-10-4-5-13-9(8-10)6-7-20-13/h1-8H,17H2,(H,18,19). The van der Waals surface area contributed by atoms with Crippen LogP contribution in [0, 0.1) is 0 Å². The SMILES string of the molecule is Nc1cccc(Cl)c1C(=O)Nc1ccc2sccc2c1. The summed E-state index contributed by atoms with van der Waals surface area (Å²) in [5.74, 6) is -0.303. The largest absolute Gasteiger partial charge is 0.398 e. The van der Waals surface area contributed by atoms with E-state index >= 15 is 0 Å². The maximum atomic E-state index is 12.3. The molecule has 0 spiro atoms. The first-order valence-electron chi connectivity index (χ1n) is 5.98. The van der Waals surface area contributed by atoms with E-state index in [2.05, 4.69) is 5.32 Å². The maximum absolute atomic E-state index is 12.3. The van der Waals surface area contributed by atoms with Crippen LogP contribution >= 0.6 is 22.9 Å². The van der Waals surface area contributed by atoms with Crippen LogP contribution in [0.3, 0.4) is 0 Å². The van der Waals surface area contributed by atoms with Gasteiger partial charge in [0.15, 0.2) is 0 Å². The van der Waals surface area contributed by atoms with Gasteiger partial charge in [-0.15, -0.1) is 11.3 Å². The third-order valence-electron chi connectivity index (χ3n) is 2.98. The molecular weight excluding hydrogens is 292 g/mol. The van der Waals surface area contributed by atoms with Crippen LogP contribution in [0.5, 0.6) is 0 Å². The van der Waals surface area contributed by atoms with Gasteiger partial charge < -0.3 is 11.1 Å². The molecule has 0 aliphatic heterocycles. The normalized spacial score (nSPS) is 10.7. The first-order valence-corrected chi connectivity index (χ1v) is 7.23. The molecule has 0 radical (unpaired) electrons. The summed E-state index contributed by atoms with van der Waals surface area (Å²) in [4.78, 5) is 12.3. The third-order valence-corrected chi connectivity index (χ3v) is 4.20. The molecule has 20 heavy (non-hydrogen) atoms. The van der Waals surface area contributed by atoms with Crippen molar-refractivity contribution >= 4 is 50.3 Å². The number of carbonyl (C=O) groups is 1. The van der Waals surface area contributed by atoms with E-state index in [0.717, 1.165) is 11.1 Å². The minimum Gasteiger partial charge on any atom is -0.398 e. The molecule has 3 N–H and O–H groups in total. The number of thiophene rings is 1. The summed E-state index contributed by atoms with van der Waals surface area (Å²) < 4.78 is 1.18. The fourth-order valence-electron chi connectivity index (χ4n) is 2.02. The van der Waals surface area contributed by atoms with Gasteiger partial charge in [-0.05, 0) is 47.2 Å². The fraction of sp³-hybridized carbons (Fsp3) is 0. The van der Waals surface area contributed by atoms with Crippen molar-refractivity contribution in [1.29, 1.82) is 0 Å². The van der Waals surface area contributed by atoms with Crippen molar-refractivity contribution in [2.75, 3.05) is 11.1 Å². The second-order valence-electron chi connectivity index (χ2n) is 4.33. The lowest BCUT2D eigenvalue weighted by atomic mass is 10.1. The zero-order valence-corrected chi connectivity index (χ0v) is 12.0. The van der Waals surface area contributed by atoms with Gasteiger partial charge in [-0.3, -0.25) is 4.79 Å². The van der Waals surface area contributed by atoms with Gasteiger partial charge >= 0.3 is 0 Å². The number of nitrogens with two attached hydrogens (primary N) is 1. The number of nitrogens with one attached hydrogen (secondary N) is 1. The smallest absolute Gasteiger partial charge is 0.259 e. The molecule has 0 aliphatic carbocycles. The predicted octanol–water partition coefficient (Wildman–Crippen LogP) is 4.39. The number of fused-ring (bicyclic) bond motifs is 1. The maximum Gasteiger partial charge on any atom is 0.259 e. The Hall–Kier alpha value is -2.04. The van der Waals surface area contributed by atoms with Gasteiger partial charge in [0.1, 0.15) is 0 Å². The quantitative estimate of drug-likeness (QED) is 0.690. The van der Waals surface area contributed by atoms with E-state index < -0.39 is 0 Å². The topological polar surface area (TPSA) is 55.1 Å². The van der Waals surface area contributed by atoms with Gasteiger partial charge in [-0.2, -0.15) is 0 Å². The lowest BCUT2D eigenvalue weighted by Gasteiger charge is -2.09. The number of nitrogen functional groups attached to an aromatic ring is 1. The van der Waals surface area contributed by atoms with E-state index in [9.17, 15) is 4.79 Å². The van der Waals surface area contributed by atoms with Gasteiger partial charge in [0, 0.05) is 16.1 Å². The van der Waals surface area contributed by atoms with Crippen molar-refractivity contribution in [1.82, 2.24) is 0 Å². The number of rotatable bonds is 2. The summed E-state index contributed by atoms with van der Waals surface area (Å²) in [6.07, 6.45) is 0. The Balaban J connectivity index is 1.92. The van der Waals surface area contributed by atoms with Crippen molar-refractivity contribution < 1.29 is 4.79 Å². The molecule has 0 atom stereocenters. The highest BCUT2D eigenvalue weighted by atomic mass is 35.5. The van der Waals surface area contributed by atoms with Crippen molar-refractivity contribution in [3.63, 3.8) is 0 Å². The number of amides is 1. The minimum absolute atomic E-state index is 0.303. The molecule has 0 unspecified atom stereocenters. The average molecular weight is 303 g/mol. The highest BCUT2D eigenvalue weighted by Crippen LogP contribution is 2.26. The van der Waals surface area contributed by atoms with Gasteiger partial charge in [0.2, 0.25) is 0 Å². The van der Waals surface area contributed by atoms with E-state index in [-0.39, 0.29) is 5.91 Å². The molecule has 5 heteroatoms. The number of hydrogen-bond donors (Lipinski definition) is 2. The highest BCUT2D eigenvalue weighted by molar-refractivity contribution is 7.17. The van der Waals surface area contributed by atoms with Crippen LogP contribution in [0.25, 0.3) is 10.1 Å². The van der Waals surface area contributed by atoms with Crippen molar-refractivity contribution in [2.45, 2.75) is 0 Å². The molecule has 3 aromatic rings. The Bertz CT molecular complexity index is 777. The molecule has 0 saturated heterocycles. The number of benzene rings is 2. The zero-order valence-electron chi connectivity index (χ0n) is 10.4. The molecule has 0 saturated carbocycles. The molecule has 3 nitrogen and oxygen atoms in total. The number of hydrogen-bond acceptors (Lipinski definition) is 3. The number of carbonyl (C=O) groups excluding carboxylic acids is 1. The summed E-state index contributed by atoms with van der Waals surface area (Å²) in [5, 5.41) is 6.28. The van der Waals surface area contributed by atoms with Crippen LogP contribution in [-0.4, -0.2) is 5.91 Å². The summed E-state index contributed by atoms with van der Waals surface area (Å²) in [6.45, 7) is 0. The average Bonchev–Trinajstić information content (AvgIpc) is 2.85. The van der Waals surface area contributed by atoms with Crippen molar-refractivity contribution in [2.24, 2.45) is 0 Å². The van der Waals surface area contributed by atoms with Gasteiger partial charge in [0.25, 0.3) is 5.91 Å². The molecule has 0 fully saturated rings. The first kappa shape index (κ1) is 13.0. The number of halogens is 1. The second-order valence-corrected chi connectivity index (χ2v) is 5.69. The zero-order chi connectivity index (χ0) is 14.1. The summed E-state index contributed by atoms with van der Waals surface area (Å²) in [5.41, 5.74) is 7.20. The van der Waals surface area contributed by atoms with E-state index in [1.807, 2.05) is 29.6 Å². The summed E-state index contributed by atoms with van der Waals surface area (Å²) >= 11 is 7.69. The number of anilines is 2. The van der Waals surface area contributed by atoms with Crippen LogP contribution in [0.1, 0.15) is 10.4 Å². The van der Waals surface area contributed by atoms with Gasteiger partial charge in [-0.25, -0.2) is 0 Å². The van der Waals surface area contributed by atoms with Crippen LogP contribution in [0.4, 0.5) is 11.4 Å². The molecule has 1 heterocycles. The lowest BCUT2D eigenvalue weighted by Crippen LogP contribution is -2.14. The monoisotopic (exact) mass is 302 g/mol. The second kappa shape index (κ2) is 5.15. The molecule has 3 rings (SSSR count). The van der Waals surface area contributed by atoms with Crippen molar-refractivity contribution in [3.8, 4) is 0 Å². The predicted molar refractivity (Wildman–Crippen MR) is 85.6 cm³/mol. The van der Waals surface area contributed by atoms with E-state index in [1.54, 1.807) is 29.5 Å².